The molecule has 27 heavy (non-hydrogen) atoms. The van der Waals surface area contributed by atoms with Crippen molar-refractivity contribution in [3.05, 3.63) is 56.3 Å². The van der Waals surface area contributed by atoms with Crippen LogP contribution in [0.4, 0.5) is 0 Å². The zero-order chi connectivity index (χ0) is 19.6. The number of hydrogen-bond donors (Lipinski definition) is 0. The molecule has 1 aromatic heterocycles. The fourth-order valence-corrected chi connectivity index (χ4v) is 5.45. The van der Waals surface area contributed by atoms with Gasteiger partial charge in [0.05, 0.1) is 31.8 Å². The molecule has 0 fully saturated rings. The summed E-state index contributed by atoms with van der Waals surface area (Å²) in [5.74, 6) is 0. The molecule has 0 amide bonds. The molecule has 0 unspecified atom stereocenters. The number of nitrogens with zero attached hydrogens (tertiary/aromatic N) is 2. The molecule has 1 heterocycles. The van der Waals surface area contributed by atoms with E-state index in [0.29, 0.717) is 45.0 Å². The van der Waals surface area contributed by atoms with Gasteiger partial charge in [0.15, 0.2) is 0 Å². The Labute approximate surface area is 175 Å². The summed E-state index contributed by atoms with van der Waals surface area (Å²) in [7, 11) is -3.93. The van der Waals surface area contributed by atoms with E-state index in [9.17, 15) is 8.42 Å². The summed E-state index contributed by atoms with van der Waals surface area (Å²) in [5.41, 5.74) is 0.638. The molecule has 0 spiro atoms. The highest BCUT2D eigenvalue weighted by Crippen LogP contribution is 2.32. The molecular formula is C17H15Cl3N2O3S2. The number of benzene rings is 2. The molecule has 2 aromatic carbocycles. The molecule has 0 N–H and O–H groups in total. The molecule has 0 saturated heterocycles. The SMILES string of the molecule is CCOCCn1/c(=N/S(=O)(=O)c2ccc(Cl)cc2)sc2c(Cl)ccc(Cl)c21. The van der Waals surface area contributed by atoms with Gasteiger partial charge in [-0.1, -0.05) is 46.1 Å². The van der Waals surface area contributed by atoms with Gasteiger partial charge >= 0.3 is 0 Å². The van der Waals surface area contributed by atoms with Gasteiger partial charge in [-0.15, -0.1) is 4.40 Å². The summed E-state index contributed by atoms with van der Waals surface area (Å²) in [6.07, 6.45) is 0. The molecule has 3 rings (SSSR count). The van der Waals surface area contributed by atoms with Crippen LogP contribution in [0, 0.1) is 0 Å². The van der Waals surface area contributed by atoms with Crippen molar-refractivity contribution in [3.8, 4) is 0 Å². The number of thiazole rings is 1. The second-order valence-electron chi connectivity index (χ2n) is 5.46. The highest BCUT2D eigenvalue weighted by molar-refractivity contribution is 7.90. The predicted molar refractivity (Wildman–Crippen MR) is 111 cm³/mol. The number of ether oxygens (including phenoxy) is 1. The largest absolute Gasteiger partial charge is 0.380 e. The highest BCUT2D eigenvalue weighted by Gasteiger charge is 2.17. The quantitative estimate of drug-likeness (QED) is 0.482. The van der Waals surface area contributed by atoms with Gasteiger partial charge in [-0.2, -0.15) is 8.42 Å². The summed E-state index contributed by atoms with van der Waals surface area (Å²) in [6.45, 7) is 3.21. The van der Waals surface area contributed by atoms with Crippen molar-refractivity contribution in [2.75, 3.05) is 13.2 Å². The Morgan fingerprint density at radius 2 is 1.74 bits per heavy atom. The van der Waals surface area contributed by atoms with Crippen LogP contribution >= 0.6 is 46.1 Å². The van der Waals surface area contributed by atoms with Gasteiger partial charge < -0.3 is 9.30 Å². The van der Waals surface area contributed by atoms with Gasteiger partial charge in [0.1, 0.15) is 0 Å². The lowest BCUT2D eigenvalue weighted by Gasteiger charge is -2.07. The molecule has 0 aliphatic carbocycles. The summed E-state index contributed by atoms with van der Waals surface area (Å²) < 4.78 is 37.3. The number of fused-ring (bicyclic) bond motifs is 1. The van der Waals surface area contributed by atoms with E-state index in [1.54, 1.807) is 16.7 Å². The molecule has 10 heteroatoms. The van der Waals surface area contributed by atoms with E-state index in [4.69, 9.17) is 39.5 Å². The topological polar surface area (TPSA) is 60.7 Å². The Balaban J connectivity index is 2.21. The lowest BCUT2D eigenvalue weighted by atomic mass is 10.3. The van der Waals surface area contributed by atoms with Crippen LogP contribution in [0.2, 0.25) is 15.1 Å². The van der Waals surface area contributed by atoms with E-state index in [1.807, 2.05) is 6.92 Å². The van der Waals surface area contributed by atoms with Crippen LogP contribution in [0.1, 0.15) is 6.92 Å². The molecular weight excluding hydrogens is 451 g/mol. The third-order valence-corrected chi connectivity index (χ3v) is 7.19. The van der Waals surface area contributed by atoms with E-state index >= 15 is 0 Å². The van der Waals surface area contributed by atoms with E-state index < -0.39 is 10.0 Å². The van der Waals surface area contributed by atoms with Crippen LogP contribution in [-0.4, -0.2) is 26.2 Å². The number of sulfonamides is 1. The fraction of sp³-hybridized carbons (Fsp3) is 0.235. The molecule has 3 aromatic rings. The Hall–Kier alpha value is -1.09. The number of hydrogen-bond acceptors (Lipinski definition) is 4. The average molecular weight is 466 g/mol. The number of halogens is 3. The lowest BCUT2D eigenvalue weighted by Crippen LogP contribution is -2.20. The molecule has 0 bridgehead atoms. The van der Waals surface area contributed by atoms with Crippen LogP contribution in [0.15, 0.2) is 45.7 Å². The normalized spacial score (nSPS) is 12.8. The second kappa shape index (κ2) is 8.51. The monoisotopic (exact) mass is 464 g/mol. The van der Waals surface area contributed by atoms with Crippen LogP contribution in [0.25, 0.3) is 10.2 Å². The van der Waals surface area contributed by atoms with Crippen molar-refractivity contribution < 1.29 is 13.2 Å². The maximum atomic E-state index is 12.7. The maximum Gasteiger partial charge on any atom is 0.285 e. The van der Waals surface area contributed by atoms with Gasteiger partial charge in [0.2, 0.25) is 4.80 Å². The first-order valence-electron chi connectivity index (χ1n) is 7.95. The van der Waals surface area contributed by atoms with Crippen molar-refractivity contribution in [3.63, 3.8) is 0 Å². The second-order valence-corrected chi connectivity index (χ2v) is 9.29. The minimum absolute atomic E-state index is 0.0536. The van der Waals surface area contributed by atoms with Crippen LogP contribution in [-0.2, 0) is 21.3 Å². The lowest BCUT2D eigenvalue weighted by molar-refractivity contribution is 0.139. The van der Waals surface area contributed by atoms with E-state index in [0.717, 1.165) is 0 Å². The zero-order valence-corrected chi connectivity index (χ0v) is 18.1. The van der Waals surface area contributed by atoms with E-state index in [2.05, 4.69) is 4.40 Å². The molecule has 0 saturated carbocycles. The fourth-order valence-electron chi connectivity index (χ4n) is 2.45. The Kier molecular flexibility index (Phi) is 6.50. The highest BCUT2D eigenvalue weighted by atomic mass is 35.5. The minimum atomic E-state index is -3.93. The first-order valence-corrected chi connectivity index (χ1v) is 11.3. The zero-order valence-electron chi connectivity index (χ0n) is 14.2. The van der Waals surface area contributed by atoms with Crippen LogP contribution in [0.3, 0.4) is 0 Å². The predicted octanol–water partition coefficient (Wildman–Crippen LogP) is 4.99. The maximum absolute atomic E-state index is 12.7. The number of aromatic nitrogens is 1. The van der Waals surface area contributed by atoms with Gasteiger partial charge in [-0.05, 0) is 43.3 Å². The Morgan fingerprint density at radius 3 is 2.41 bits per heavy atom. The van der Waals surface area contributed by atoms with Gasteiger partial charge in [-0.25, -0.2) is 0 Å². The summed E-state index contributed by atoms with van der Waals surface area (Å²) >= 11 is 19.6. The summed E-state index contributed by atoms with van der Waals surface area (Å²) in [5, 5.41) is 1.39. The molecule has 0 atom stereocenters. The minimum Gasteiger partial charge on any atom is -0.380 e. The number of rotatable bonds is 6. The van der Waals surface area contributed by atoms with Gasteiger partial charge in [0, 0.05) is 18.2 Å². The molecule has 0 aliphatic rings. The smallest absolute Gasteiger partial charge is 0.285 e. The standard InChI is InChI=1S/C17H15Cl3N2O3S2/c1-2-25-10-9-22-15-13(19)7-8-14(20)16(15)26-17(22)21-27(23,24)12-5-3-11(18)4-6-12/h3-8H,2,9-10H2,1H3/b21-17-. The first-order chi connectivity index (χ1) is 12.8. The van der Waals surface area contributed by atoms with Crippen molar-refractivity contribution >= 4 is 66.4 Å². The first kappa shape index (κ1) is 20.6. The molecule has 5 nitrogen and oxygen atoms in total. The third kappa shape index (κ3) is 4.50. The Morgan fingerprint density at radius 1 is 1.07 bits per heavy atom. The van der Waals surface area contributed by atoms with Crippen molar-refractivity contribution in [2.45, 2.75) is 18.4 Å². The summed E-state index contributed by atoms with van der Waals surface area (Å²) in [4.78, 5) is 0.326. The average Bonchev–Trinajstić information content (AvgIpc) is 2.98. The summed E-state index contributed by atoms with van der Waals surface area (Å²) in [6, 6.07) is 9.19. The van der Waals surface area contributed by atoms with Crippen LogP contribution in [0.5, 0.6) is 0 Å². The van der Waals surface area contributed by atoms with Crippen molar-refractivity contribution in [2.24, 2.45) is 4.40 Å². The van der Waals surface area contributed by atoms with E-state index in [-0.39, 0.29) is 9.70 Å². The van der Waals surface area contributed by atoms with Crippen LogP contribution < -0.4 is 4.80 Å². The Bertz CT molecular complexity index is 1140. The van der Waals surface area contributed by atoms with Gasteiger partial charge in [0.25, 0.3) is 10.0 Å². The van der Waals surface area contributed by atoms with Crippen molar-refractivity contribution in [1.29, 1.82) is 0 Å². The molecule has 0 radical (unpaired) electrons. The molecule has 0 aliphatic heterocycles. The van der Waals surface area contributed by atoms with Gasteiger partial charge in [-0.3, -0.25) is 0 Å². The van der Waals surface area contributed by atoms with E-state index in [1.165, 1.54) is 35.6 Å². The van der Waals surface area contributed by atoms with Crippen molar-refractivity contribution in [1.82, 2.24) is 4.57 Å². The third-order valence-electron chi connectivity index (χ3n) is 3.70. The molecule has 144 valence electrons.